The number of ether oxygens (including phenoxy) is 2. The Morgan fingerprint density at radius 1 is 1.36 bits per heavy atom. The first kappa shape index (κ1) is 19.5. The highest BCUT2D eigenvalue weighted by atomic mass is 19.1. The highest BCUT2D eigenvalue weighted by Crippen LogP contribution is 2.13. The maximum atomic E-state index is 13.2. The lowest BCUT2D eigenvalue weighted by atomic mass is 10.3. The molecule has 1 aromatic carbocycles. The first-order valence-corrected chi connectivity index (χ1v) is 8.92. The van der Waals surface area contributed by atoms with Gasteiger partial charge < -0.3 is 20.1 Å². The lowest BCUT2D eigenvalue weighted by Crippen LogP contribution is -2.44. The molecule has 1 fully saturated rings. The van der Waals surface area contributed by atoms with Gasteiger partial charge in [0, 0.05) is 38.8 Å². The van der Waals surface area contributed by atoms with E-state index in [9.17, 15) is 4.39 Å². The number of halogens is 1. The van der Waals surface area contributed by atoms with Gasteiger partial charge in [0.2, 0.25) is 0 Å². The van der Waals surface area contributed by atoms with Crippen molar-refractivity contribution in [2.75, 3.05) is 52.5 Å². The molecule has 1 aromatic rings. The highest BCUT2D eigenvalue weighted by molar-refractivity contribution is 5.79. The maximum Gasteiger partial charge on any atom is 0.191 e. The third-order valence-electron chi connectivity index (χ3n) is 3.81. The van der Waals surface area contributed by atoms with Gasteiger partial charge in [0.15, 0.2) is 5.96 Å². The van der Waals surface area contributed by atoms with Gasteiger partial charge in [-0.15, -0.1) is 0 Å². The van der Waals surface area contributed by atoms with Crippen molar-refractivity contribution in [3.8, 4) is 5.75 Å². The SMILES string of the molecule is CCNC(=NCC(C)Oc1cccc(F)c1)NCCN1CCOCC1. The summed E-state index contributed by atoms with van der Waals surface area (Å²) in [4.78, 5) is 6.92. The van der Waals surface area contributed by atoms with Gasteiger partial charge in [0.1, 0.15) is 17.7 Å². The summed E-state index contributed by atoms with van der Waals surface area (Å²) < 4.78 is 24.2. The Kier molecular flexibility index (Phi) is 8.48. The van der Waals surface area contributed by atoms with Crippen LogP contribution in [0, 0.1) is 5.82 Å². The molecule has 1 aliphatic rings. The summed E-state index contributed by atoms with van der Waals surface area (Å²) in [5, 5.41) is 6.57. The van der Waals surface area contributed by atoms with Crippen LogP contribution in [0.5, 0.6) is 5.75 Å². The van der Waals surface area contributed by atoms with E-state index >= 15 is 0 Å². The van der Waals surface area contributed by atoms with Crippen LogP contribution in [-0.4, -0.2) is 69.4 Å². The van der Waals surface area contributed by atoms with Crippen molar-refractivity contribution in [1.82, 2.24) is 15.5 Å². The van der Waals surface area contributed by atoms with Crippen molar-refractivity contribution in [3.05, 3.63) is 30.1 Å². The second-order valence-electron chi connectivity index (χ2n) is 5.99. The van der Waals surface area contributed by atoms with E-state index < -0.39 is 0 Å². The molecule has 0 radical (unpaired) electrons. The molecule has 2 rings (SSSR count). The number of nitrogens with zero attached hydrogens (tertiary/aromatic N) is 2. The largest absolute Gasteiger partial charge is 0.489 e. The lowest BCUT2D eigenvalue weighted by molar-refractivity contribution is 0.0389. The molecule has 1 atom stereocenters. The van der Waals surface area contributed by atoms with Crippen LogP contribution in [0.15, 0.2) is 29.3 Å². The molecule has 140 valence electrons. The molecule has 7 heteroatoms. The minimum Gasteiger partial charge on any atom is -0.489 e. The molecule has 1 aliphatic heterocycles. The van der Waals surface area contributed by atoms with Gasteiger partial charge in [-0.05, 0) is 26.0 Å². The second kappa shape index (κ2) is 10.9. The molecule has 0 aromatic heterocycles. The molecule has 25 heavy (non-hydrogen) atoms. The third-order valence-corrected chi connectivity index (χ3v) is 3.81. The first-order chi connectivity index (χ1) is 12.2. The van der Waals surface area contributed by atoms with Crippen molar-refractivity contribution >= 4 is 5.96 Å². The quantitative estimate of drug-likeness (QED) is 0.548. The van der Waals surface area contributed by atoms with Crippen LogP contribution in [0.25, 0.3) is 0 Å². The van der Waals surface area contributed by atoms with E-state index in [0.717, 1.165) is 51.9 Å². The minimum absolute atomic E-state index is 0.142. The fourth-order valence-corrected chi connectivity index (χ4v) is 2.53. The van der Waals surface area contributed by atoms with Gasteiger partial charge in [-0.25, -0.2) is 9.38 Å². The number of benzene rings is 1. The minimum atomic E-state index is -0.300. The maximum absolute atomic E-state index is 13.2. The zero-order valence-electron chi connectivity index (χ0n) is 15.1. The van der Waals surface area contributed by atoms with Crippen molar-refractivity contribution in [2.24, 2.45) is 4.99 Å². The molecule has 0 spiro atoms. The number of hydrogen-bond acceptors (Lipinski definition) is 4. The molecule has 0 aliphatic carbocycles. The summed E-state index contributed by atoms with van der Waals surface area (Å²) in [7, 11) is 0. The first-order valence-electron chi connectivity index (χ1n) is 8.92. The average Bonchev–Trinajstić information content (AvgIpc) is 2.60. The molecular formula is C18H29FN4O2. The van der Waals surface area contributed by atoms with Crippen molar-refractivity contribution in [1.29, 1.82) is 0 Å². The third kappa shape index (κ3) is 7.70. The molecule has 2 N–H and O–H groups in total. The number of hydrogen-bond donors (Lipinski definition) is 2. The second-order valence-corrected chi connectivity index (χ2v) is 5.99. The van der Waals surface area contributed by atoms with Crippen molar-refractivity contribution in [3.63, 3.8) is 0 Å². The summed E-state index contributed by atoms with van der Waals surface area (Å²) in [6.45, 7) is 10.6. The Morgan fingerprint density at radius 3 is 2.88 bits per heavy atom. The van der Waals surface area contributed by atoms with Crippen LogP contribution in [-0.2, 0) is 4.74 Å². The topological polar surface area (TPSA) is 58.1 Å². The van der Waals surface area contributed by atoms with Crippen LogP contribution < -0.4 is 15.4 Å². The lowest BCUT2D eigenvalue weighted by Gasteiger charge is -2.26. The van der Waals surface area contributed by atoms with Crippen LogP contribution in [0.1, 0.15) is 13.8 Å². The van der Waals surface area contributed by atoms with Gasteiger partial charge in [-0.1, -0.05) is 6.07 Å². The molecule has 0 saturated carbocycles. The monoisotopic (exact) mass is 352 g/mol. The number of guanidine groups is 1. The molecule has 1 saturated heterocycles. The van der Waals surface area contributed by atoms with E-state index in [2.05, 4.69) is 20.5 Å². The number of morpholine rings is 1. The fraction of sp³-hybridized carbons (Fsp3) is 0.611. The number of aliphatic imine (C=N–C) groups is 1. The van der Waals surface area contributed by atoms with Crippen LogP contribution in [0.4, 0.5) is 4.39 Å². The Labute approximate surface area is 149 Å². The fourth-order valence-electron chi connectivity index (χ4n) is 2.53. The van der Waals surface area contributed by atoms with Crippen LogP contribution >= 0.6 is 0 Å². The molecular weight excluding hydrogens is 323 g/mol. The number of nitrogens with one attached hydrogen (secondary N) is 2. The number of rotatable bonds is 8. The van der Waals surface area contributed by atoms with Gasteiger partial charge in [0.25, 0.3) is 0 Å². The molecule has 0 amide bonds. The summed E-state index contributed by atoms with van der Waals surface area (Å²) in [6, 6.07) is 6.16. The summed E-state index contributed by atoms with van der Waals surface area (Å²) in [5.41, 5.74) is 0. The normalized spacial score (nSPS) is 17.2. The van der Waals surface area contributed by atoms with Gasteiger partial charge in [-0.2, -0.15) is 0 Å². The molecule has 1 unspecified atom stereocenters. The van der Waals surface area contributed by atoms with Gasteiger partial charge in [0.05, 0.1) is 19.8 Å². The van der Waals surface area contributed by atoms with Crippen molar-refractivity contribution < 1.29 is 13.9 Å². The Morgan fingerprint density at radius 2 is 2.16 bits per heavy atom. The predicted octanol–water partition coefficient (Wildman–Crippen LogP) is 1.48. The molecule has 6 nitrogen and oxygen atoms in total. The van der Waals surface area contributed by atoms with E-state index in [-0.39, 0.29) is 11.9 Å². The van der Waals surface area contributed by atoms with Gasteiger partial charge in [-0.3, -0.25) is 4.90 Å². The highest BCUT2D eigenvalue weighted by Gasteiger charge is 2.10. The van der Waals surface area contributed by atoms with E-state index in [0.29, 0.717) is 12.3 Å². The Bertz CT molecular complexity index is 536. The van der Waals surface area contributed by atoms with Crippen LogP contribution in [0.3, 0.4) is 0 Å². The van der Waals surface area contributed by atoms with Gasteiger partial charge >= 0.3 is 0 Å². The van der Waals surface area contributed by atoms with Crippen LogP contribution in [0.2, 0.25) is 0 Å². The molecule has 1 heterocycles. The summed E-state index contributed by atoms with van der Waals surface area (Å²) in [6.07, 6.45) is -0.142. The standard InChI is InChI=1S/C18H29FN4O2/c1-3-20-18(21-7-8-23-9-11-24-12-10-23)22-14-15(2)25-17-6-4-5-16(19)13-17/h4-6,13,15H,3,7-12,14H2,1-2H3,(H2,20,21,22). The predicted molar refractivity (Wildman–Crippen MR) is 97.7 cm³/mol. The molecule has 0 bridgehead atoms. The van der Waals surface area contributed by atoms with E-state index in [1.807, 2.05) is 13.8 Å². The van der Waals surface area contributed by atoms with E-state index in [1.165, 1.54) is 12.1 Å². The van der Waals surface area contributed by atoms with E-state index in [4.69, 9.17) is 9.47 Å². The van der Waals surface area contributed by atoms with Crippen molar-refractivity contribution in [2.45, 2.75) is 20.0 Å². The summed E-state index contributed by atoms with van der Waals surface area (Å²) >= 11 is 0. The Balaban J connectivity index is 1.75. The average molecular weight is 352 g/mol. The Hall–Kier alpha value is -1.86. The smallest absolute Gasteiger partial charge is 0.191 e. The zero-order chi connectivity index (χ0) is 17.9. The zero-order valence-corrected chi connectivity index (χ0v) is 15.1. The summed E-state index contributed by atoms with van der Waals surface area (Å²) in [5.74, 6) is 0.991. The van der Waals surface area contributed by atoms with E-state index in [1.54, 1.807) is 12.1 Å².